The largest absolute Gasteiger partial charge is 0.494 e. The fourth-order valence-corrected chi connectivity index (χ4v) is 1.06. The van der Waals surface area contributed by atoms with Gasteiger partial charge < -0.3 is 15.2 Å². The van der Waals surface area contributed by atoms with Gasteiger partial charge in [-0.2, -0.15) is 8.78 Å². The number of benzene rings is 1. The van der Waals surface area contributed by atoms with E-state index in [4.69, 9.17) is 10.5 Å². The van der Waals surface area contributed by atoms with Crippen molar-refractivity contribution < 1.29 is 27.0 Å². The standard InChI is InChI=1S/C10H11F4NO2/c1-16-6-3-2-4-7(8(6)15)17-5-10(13,14)9(11)12/h2-4,9H,5,15H2,1H3. The highest BCUT2D eigenvalue weighted by molar-refractivity contribution is 5.62. The van der Waals surface area contributed by atoms with Crippen molar-refractivity contribution in [3.05, 3.63) is 18.2 Å². The molecule has 0 amide bonds. The molecule has 17 heavy (non-hydrogen) atoms. The van der Waals surface area contributed by atoms with E-state index in [1.54, 1.807) is 0 Å². The van der Waals surface area contributed by atoms with E-state index in [9.17, 15) is 17.6 Å². The van der Waals surface area contributed by atoms with Crippen LogP contribution in [0, 0.1) is 0 Å². The zero-order chi connectivity index (χ0) is 13.1. The summed E-state index contributed by atoms with van der Waals surface area (Å²) < 4.78 is 58.3. The number of nitrogen functional groups attached to an aromatic ring is 1. The van der Waals surface area contributed by atoms with Crippen LogP contribution in [0.3, 0.4) is 0 Å². The first-order chi connectivity index (χ1) is 7.88. The van der Waals surface area contributed by atoms with E-state index in [1.165, 1.54) is 25.3 Å². The van der Waals surface area contributed by atoms with Gasteiger partial charge >= 0.3 is 12.3 Å². The predicted molar refractivity (Wildman–Crippen MR) is 53.9 cm³/mol. The number of anilines is 1. The highest BCUT2D eigenvalue weighted by Crippen LogP contribution is 2.32. The average Bonchev–Trinajstić information content (AvgIpc) is 2.27. The Balaban J connectivity index is 2.76. The molecule has 0 aliphatic heterocycles. The topological polar surface area (TPSA) is 44.5 Å². The maximum absolute atomic E-state index is 12.6. The van der Waals surface area contributed by atoms with E-state index >= 15 is 0 Å². The van der Waals surface area contributed by atoms with Crippen LogP contribution in [0.25, 0.3) is 0 Å². The lowest BCUT2D eigenvalue weighted by atomic mass is 10.2. The Morgan fingerprint density at radius 1 is 1.29 bits per heavy atom. The molecule has 0 fully saturated rings. The zero-order valence-electron chi connectivity index (χ0n) is 8.92. The third kappa shape index (κ3) is 3.15. The lowest BCUT2D eigenvalue weighted by molar-refractivity contribution is -0.148. The number of halogens is 4. The normalized spacial score (nSPS) is 11.6. The van der Waals surface area contributed by atoms with Crippen LogP contribution in [0.5, 0.6) is 11.5 Å². The number of alkyl halides is 4. The summed E-state index contributed by atoms with van der Waals surface area (Å²) in [5.74, 6) is -4.11. The molecular weight excluding hydrogens is 242 g/mol. The van der Waals surface area contributed by atoms with Crippen molar-refractivity contribution in [1.29, 1.82) is 0 Å². The van der Waals surface area contributed by atoms with Gasteiger partial charge in [0.1, 0.15) is 17.2 Å². The lowest BCUT2D eigenvalue weighted by Gasteiger charge is -2.17. The number of ether oxygens (including phenoxy) is 2. The summed E-state index contributed by atoms with van der Waals surface area (Å²) in [6.07, 6.45) is -3.78. The third-order valence-electron chi connectivity index (χ3n) is 1.99. The fraction of sp³-hybridized carbons (Fsp3) is 0.400. The van der Waals surface area contributed by atoms with Gasteiger partial charge in [-0.25, -0.2) is 8.78 Å². The van der Waals surface area contributed by atoms with Crippen LogP contribution in [0.4, 0.5) is 23.2 Å². The van der Waals surface area contributed by atoms with Crippen LogP contribution in [0.1, 0.15) is 0 Å². The first-order valence-corrected chi connectivity index (χ1v) is 4.59. The SMILES string of the molecule is COc1cccc(OCC(F)(F)C(F)F)c1N. The summed E-state index contributed by atoms with van der Waals surface area (Å²) in [5.41, 5.74) is 5.50. The zero-order valence-corrected chi connectivity index (χ0v) is 8.92. The number of rotatable bonds is 5. The van der Waals surface area contributed by atoms with Gasteiger partial charge in [-0.1, -0.05) is 6.07 Å². The molecule has 0 radical (unpaired) electrons. The van der Waals surface area contributed by atoms with Gasteiger partial charge in [0.2, 0.25) is 0 Å². The molecule has 1 aromatic carbocycles. The van der Waals surface area contributed by atoms with Gasteiger partial charge in [-0.05, 0) is 12.1 Å². The van der Waals surface area contributed by atoms with Gasteiger partial charge in [0.05, 0.1) is 7.11 Å². The van der Waals surface area contributed by atoms with E-state index in [1.807, 2.05) is 0 Å². The van der Waals surface area contributed by atoms with E-state index in [0.717, 1.165) is 0 Å². The number of hydrogen-bond acceptors (Lipinski definition) is 3. The second-order valence-electron chi connectivity index (χ2n) is 3.22. The lowest BCUT2D eigenvalue weighted by Crippen LogP contribution is -2.33. The molecule has 7 heteroatoms. The highest BCUT2D eigenvalue weighted by atomic mass is 19.3. The summed E-state index contributed by atoms with van der Waals surface area (Å²) in [7, 11) is 1.34. The summed E-state index contributed by atoms with van der Waals surface area (Å²) >= 11 is 0. The Kier molecular flexibility index (Phi) is 4.03. The monoisotopic (exact) mass is 253 g/mol. The summed E-state index contributed by atoms with van der Waals surface area (Å²) in [4.78, 5) is 0. The molecule has 3 nitrogen and oxygen atoms in total. The molecule has 0 spiro atoms. The second-order valence-corrected chi connectivity index (χ2v) is 3.22. The predicted octanol–water partition coefficient (Wildman–Crippen LogP) is 2.56. The van der Waals surface area contributed by atoms with E-state index in [2.05, 4.69) is 4.74 Å². The molecule has 96 valence electrons. The minimum atomic E-state index is -4.21. The third-order valence-corrected chi connectivity index (χ3v) is 1.99. The average molecular weight is 253 g/mol. The molecule has 0 unspecified atom stereocenters. The fourth-order valence-electron chi connectivity index (χ4n) is 1.06. The van der Waals surface area contributed by atoms with Crippen LogP contribution < -0.4 is 15.2 Å². The number of methoxy groups -OCH3 is 1. The molecule has 2 N–H and O–H groups in total. The molecule has 1 aromatic rings. The summed E-state index contributed by atoms with van der Waals surface area (Å²) in [6.45, 7) is -1.44. The van der Waals surface area contributed by atoms with Gasteiger partial charge in [0.15, 0.2) is 6.61 Å². The van der Waals surface area contributed by atoms with Crippen LogP contribution in [-0.2, 0) is 0 Å². The van der Waals surface area contributed by atoms with Gasteiger partial charge in [0.25, 0.3) is 0 Å². The first-order valence-electron chi connectivity index (χ1n) is 4.59. The smallest absolute Gasteiger partial charge is 0.340 e. The molecule has 0 aliphatic rings. The van der Waals surface area contributed by atoms with Crippen LogP contribution in [0.15, 0.2) is 18.2 Å². The van der Waals surface area contributed by atoms with Crippen molar-refractivity contribution in [2.24, 2.45) is 0 Å². The Hall–Kier alpha value is -1.66. The molecule has 0 atom stereocenters. The van der Waals surface area contributed by atoms with E-state index < -0.39 is 19.0 Å². The Morgan fingerprint density at radius 2 is 1.88 bits per heavy atom. The van der Waals surface area contributed by atoms with Crippen molar-refractivity contribution >= 4 is 5.69 Å². The molecule has 0 bridgehead atoms. The minimum Gasteiger partial charge on any atom is -0.494 e. The van der Waals surface area contributed by atoms with Crippen LogP contribution in [0.2, 0.25) is 0 Å². The van der Waals surface area contributed by atoms with Crippen molar-refractivity contribution in [2.75, 3.05) is 19.5 Å². The van der Waals surface area contributed by atoms with Crippen molar-refractivity contribution in [1.82, 2.24) is 0 Å². The molecular formula is C10H11F4NO2. The van der Waals surface area contributed by atoms with E-state index in [-0.39, 0.29) is 17.2 Å². The Bertz CT molecular complexity index is 385. The van der Waals surface area contributed by atoms with Crippen molar-refractivity contribution in [2.45, 2.75) is 12.3 Å². The van der Waals surface area contributed by atoms with E-state index in [0.29, 0.717) is 0 Å². The van der Waals surface area contributed by atoms with Gasteiger partial charge in [0, 0.05) is 0 Å². The van der Waals surface area contributed by atoms with Crippen LogP contribution >= 0.6 is 0 Å². The first kappa shape index (κ1) is 13.4. The van der Waals surface area contributed by atoms with Crippen molar-refractivity contribution in [3.8, 4) is 11.5 Å². The molecule has 0 aromatic heterocycles. The highest BCUT2D eigenvalue weighted by Gasteiger charge is 2.41. The van der Waals surface area contributed by atoms with Crippen LogP contribution in [-0.4, -0.2) is 26.1 Å². The quantitative estimate of drug-likeness (QED) is 0.648. The molecule has 0 aliphatic carbocycles. The number of para-hydroxylation sites is 1. The number of nitrogens with two attached hydrogens (primary N) is 1. The molecule has 0 heterocycles. The summed E-state index contributed by atoms with van der Waals surface area (Å²) in [5, 5.41) is 0. The summed E-state index contributed by atoms with van der Waals surface area (Å²) in [6, 6.07) is 4.23. The van der Waals surface area contributed by atoms with Gasteiger partial charge in [-0.15, -0.1) is 0 Å². The maximum atomic E-state index is 12.6. The Morgan fingerprint density at radius 3 is 2.41 bits per heavy atom. The maximum Gasteiger partial charge on any atom is 0.340 e. The molecule has 0 saturated carbocycles. The molecule has 0 saturated heterocycles. The minimum absolute atomic E-state index is 0.0138. The van der Waals surface area contributed by atoms with Gasteiger partial charge in [-0.3, -0.25) is 0 Å². The molecule has 1 rings (SSSR count). The number of hydrogen-bond donors (Lipinski definition) is 1. The van der Waals surface area contributed by atoms with Crippen molar-refractivity contribution in [3.63, 3.8) is 0 Å². The Labute approximate surface area is 95.1 Å². The second kappa shape index (κ2) is 5.11.